The van der Waals surface area contributed by atoms with Crippen LogP contribution in [0.2, 0.25) is 0 Å². The van der Waals surface area contributed by atoms with E-state index in [-0.39, 0.29) is 22.9 Å². The number of carbonyl (C=O) groups is 1. The standard InChI is InChI=1S/C26H31FN5O9P/c1-15(2)39-23(35)16(3)13-42(37,41-17-8-5-4-6-9-17)38-12-18-20(33)26(36,10-7-11-27)24(40-18)32-14-29-19-21(32)30-25(28)31-22(19)34/h4-6,8-9,14-16,18,20,24,33,36H,11-13H2,1-3H3,(H3,28,30,31,34)/t16-,18-,20+,24-,26?,42+/m1/s1/i12D2. The van der Waals surface area contributed by atoms with Gasteiger partial charge in [-0.1, -0.05) is 37.0 Å². The summed E-state index contributed by atoms with van der Waals surface area (Å²) in [6.07, 6.45) is -6.43. The minimum Gasteiger partial charge on any atom is -0.463 e. The lowest BCUT2D eigenvalue weighted by Gasteiger charge is -2.26. The lowest BCUT2D eigenvalue weighted by molar-refractivity contribution is -0.151. The normalized spacial score (nSPS) is 25.2. The van der Waals surface area contributed by atoms with Gasteiger partial charge >= 0.3 is 13.6 Å². The molecule has 42 heavy (non-hydrogen) atoms. The van der Waals surface area contributed by atoms with Crippen LogP contribution in [0.4, 0.5) is 10.3 Å². The number of imidazole rings is 1. The van der Waals surface area contributed by atoms with Crippen molar-refractivity contribution in [2.45, 2.75) is 50.9 Å². The average molecular weight is 610 g/mol. The Balaban J connectivity index is 1.73. The van der Waals surface area contributed by atoms with Crippen LogP contribution in [-0.2, 0) is 23.4 Å². The summed E-state index contributed by atoms with van der Waals surface area (Å²) in [5, 5.41) is 22.7. The molecular formula is C26H31FN5O9P. The Morgan fingerprint density at radius 2 is 2.10 bits per heavy atom. The van der Waals surface area contributed by atoms with Crippen LogP contribution in [-0.4, -0.2) is 79.0 Å². The van der Waals surface area contributed by atoms with Gasteiger partial charge in [0.05, 0.1) is 33.8 Å². The number of aromatic amines is 1. The molecule has 1 unspecified atom stereocenters. The number of para-hydroxylation sites is 1. The van der Waals surface area contributed by atoms with Crippen molar-refractivity contribution in [2.24, 2.45) is 5.92 Å². The maximum absolute atomic E-state index is 14.1. The van der Waals surface area contributed by atoms with Gasteiger partial charge < -0.3 is 29.9 Å². The number of rotatable bonds is 10. The summed E-state index contributed by atoms with van der Waals surface area (Å²) in [7, 11) is -4.63. The third-order valence-electron chi connectivity index (χ3n) is 6.00. The number of halogens is 1. The Morgan fingerprint density at radius 1 is 1.38 bits per heavy atom. The van der Waals surface area contributed by atoms with E-state index in [1.54, 1.807) is 32.0 Å². The van der Waals surface area contributed by atoms with Gasteiger partial charge in [-0.3, -0.25) is 23.7 Å². The van der Waals surface area contributed by atoms with Crippen LogP contribution >= 0.6 is 7.60 Å². The number of nitrogens with zero attached hydrogens (tertiary/aromatic N) is 3. The van der Waals surface area contributed by atoms with Gasteiger partial charge in [0, 0.05) is 0 Å². The Hall–Kier alpha value is -3.80. The Morgan fingerprint density at radius 3 is 2.76 bits per heavy atom. The molecule has 3 heterocycles. The minimum atomic E-state index is -4.63. The molecule has 1 aliphatic rings. The average Bonchev–Trinajstić information content (AvgIpc) is 3.46. The summed E-state index contributed by atoms with van der Waals surface area (Å²) in [5.74, 6) is 1.97. The van der Waals surface area contributed by atoms with Gasteiger partial charge in [0.1, 0.15) is 24.6 Å². The molecule has 16 heteroatoms. The van der Waals surface area contributed by atoms with Gasteiger partial charge in [-0.15, -0.1) is 0 Å². The van der Waals surface area contributed by atoms with Gasteiger partial charge in [0.15, 0.2) is 23.0 Å². The summed E-state index contributed by atoms with van der Waals surface area (Å²) in [5.41, 5.74) is 1.68. The van der Waals surface area contributed by atoms with E-state index in [1.807, 2.05) is 5.92 Å². The molecule has 1 fully saturated rings. The summed E-state index contributed by atoms with van der Waals surface area (Å²) < 4.78 is 67.4. The van der Waals surface area contributed by atoms with E-state index in [0.29, 0.717) is 0 Å². The maximum Gasteiger partial charge on any atom is 0.380 e. The highest BCUT2D eigenvalue weighted by Crippen LogP contribution is 2.51. The van der Waals surface area contributed by atoms with E-state index >= 15 is 0 Å². The highest BCUT2D eigenvalue weighted by atomic mass is 31.2. The number of anilines is 1. The van der Waals surface area contributed by atoms with Crippen LogP contribution < -0.4 is 15.8 Å². The number of ether oxygens (including phenoxy) is 2. The Bertz CT molecular complexity index is 1680. The molecule has 0 saturated carbocycles. The van der Waals surface area contributed by atoms with Crippen molar-refractivity contribution in [3.05, 3.63) is 47.0 Å². The van der Waals surface area contributed by atoms with Crippen molar-refractivity contribution >= 4 is 30.7 Å². The molecule has 226 valence electrons. The predicted molar refractivity (Wildman–Crippen MR) is 147 cm³/mol. The molecule has 6 atom stereocenters. The molecule has 14 nitrogen and oxygen atoms in total. The minimum absolute atomic E-state index is 0.0194. The number of fused-ring (bicyclic) bond motifs is 1. The molecule has 1 aliphatic heterocycles. The first kappa shape index (κ1) is 28.3. The highest BCUT2D eigenvalue weighted by molar-refractivity contribution is 7.54. The summed E-state index contributed by atoms with van der Waals surface area (Å²) in [6.45, 7) is 0.149. The number of nitrogen functional groups attached to an aromatic ring is 1. The van der Waals surface area contributed by atoms with Crippen LogP contribution in [0.3, 0.4) is 0 Å². The largest absolute Gasteiger partial charge is 0.463 e. The molecule has 0 amide bonds. The van der Waals surface area contributed by atoms with E-state index in [4.69, 9.17) is 27.0 Å². The summed E-state index contributed by atoms with van der Waals surface area (Å²) in [4.78, 5) is 35.0. The van der Waals surface area contributed by atoms with Crippen molar-refractivity contribution in [3.8, 4) is 17.6 Å². The number of alkyl halides is 1. The Labute approximate surface area is 242 Å². The molecule has 3 aromatic rings. The molecule has 0 aliphatic carbocycles. The molecule has 4 rings (SSSR count). The van der Waals surface area contributed by atoms with Gasteiger partial charge in [0.2, 0.25) is 5.95 Å². The zero-order valence-corrected chi connectivity index (χ0v) is 23.7. The third kappa shape index (κ3) is 6.64. The van der Waals surface area contributed by atoms with E-state index in [0.717, 1.165) is 10.9 Å². The number of esters is 1. The summed E-state index contributed by atoms with van der Waals surface area (Å²) >= 11 is 0. The first-order valence-electron chi connectivity index (χ1n) is 13.7. The van der Waals surface area contributed by atoms with E-state index in [9.17, 15) is 28.8 Å². The predicted octanol–water partition coefficient (Wildman–Crippen LogP) is 1.54. The number of aliphatic hydroxyl groups is 2. The molecule has 0 radical (unpaired) electrons. The summed E-state index contributed by atoms with van der Waals surface area (Å²) in [6, 6.07) is 7.62. The molecule has 1 saturated heterocycles. The second-order valence-corrected chi connectivity index (χ2v) is 11.6. The van der Waals surface area contributed by atoms with Crippen LogP contribution in [0.15, 0.2) is 41.5 Å². The van der Waals surface area contributed by atoms with Crippen molar-refractivity contribution in [2.75, 3.05) is 25.1 Å². The van der Waals surface area contributed by atoms with Crippen molar-refractivity contribution in [1.82, 2.24) is 19.5 Å². The first-order valence-corrected chi connectivity index (χ1v) is 14.4. The van der Waals surface area contributed by atoms with Gasteiger partial charge in [-0.25, -0.2) is 13.9 Å². The topological polar surface area (TPSA) is 201 Å². The molecule has 1 aromatic carbocycles. The number of hydrogen-bond acceptors (Lipinski definition) is 12. The molecule has 5 N–H and O–H groups in total. The number of aliphatic hydroxyl groups excluding tert-OH is 1. The number of nitrogens with one attached hydrogen (secondary N) is 1. The van der Waals surface area contributed by atoms with Crippen LogP contribution in [0.5, 0.6) is 5.75 Å². The quantitative estimate of drug-likeness (QED) is 0.147. The first-order chi connectivity index (χ1) is 20.6. The molecule has 0 bridgehead atoms. The van der Waals surface area contributed by atoms with E-state index < -0.39 is 74.6 Å². The second-order valence-electron chi connectivity index (χ2n) is 9.68. The maximum atomic E-state index is 14.1. The van der Waals surface area contributed by atoms with Gasteiger partial charge in [-0.2, -0.15) is 4.98 Å². The third-order valence-corrected chi connectivity index (χ3v) is 7.86. The number of H-pyrrole nitrogens is 1. The lowest BCUT2D eigenvalue weighted by atomic mass is 9.94. The number of benzene rings is 1. The lowest BCUT2D eigenvalue weighted by Crippen LogP contribution is -2.46. The number of aromatic nitrogens is 4. The van der Waals surface area contributed by atoms with Crippen LogP contribution in [0.25, 0.3) is 11.2 Å². The molecule has 2 aromatic heterocycles. The number of carbonyl (C=O) groups excluding carboxylic acids is 1. The number of hydrogen-bond donors (Lipinski definition) is 4. The van der Waals surface area contributed by atoms with Crippen molar-refractivity contribution in [1.29, 1.82) is 0 Å². The molecular weight excluding hydrogens is 576 g/mol. The highest BCUT2D eigenvalue weighted by Gasteiger charge is 2.56. The fraction of sp³-hybridized carbons (Fsp3) is 0.462. The second kappa shape index (κ2) is 12.6. The van der Waals surface area contributed by atoms with Crippen LogP contribution in [0, 0.1) is 17.8 Å². The van der Waals surface area contributed by atoms with Crippen molar-refractivity contribution in [3.63, 3.8) is 0 Å². The zero-order chi connectivity index (χ0) is 32.4. The number of nitrogens with two attached hydrogens (primary N) is 1. The van der Waals surface area contributed by atoms with Crippen molar-refractivity contribution < 1.29 is 45.2 Å². The van der Waals surface area contributed by atoms with Crippen LogP contribution in [0.1, 0.15) is 29.7 Å². The SMILES string of the molecule is [2H]C([2H])(O[P@@](=O)(C[C@@H](C)C(=O)OC(C)C)Oc1ccccc1)[C@H]1O[C@@H](n2cnc3c(=O)[nH]c(N)nc32)C(O)(C#CCF)[C@H]1O. The zero-order valence-electron chi connectivity index (χ0n) is 24.8. The Kier molecular flexibility index (Phi) is 8.50. The fourth-order valence-corrected chi connectivity index (χ4v) is 5.83. The fourth-order valence-electron chi connectivity index (χ4n) is 4.11. The van der Waals surface area contributed by atoms with E-state index in [2.05, 4.69) is 20.9 Å². The smallest absolute Gasteiger partial charge is 0.380 e. The monoisotopic (exact) mass is 609 g/mol. The van der Waals surface area contributed by atoms with Gasteiger partial charge in [-0.05, 0) is 26.0 Å². The van der Waals surface area contributed by atoms with Gasteiger partial charge in [0.25, 0.3) is 5.56 Å². The van der Waals surface area contributed by atoms with E-state index in [1.165, 1.54) is 19.1 Å². The molecule has 0 spiro atoms.